The van der Waals surface area contributed by atoms with E-state index in [1.807, 2.05) is 12.1 Å². The smallest absolute Gasteiger partial charge is 0.227 e. The third-order valence-corrected chi connectivity index (χ3v) is 7.81. The number of aromatic nitrogens is 2. The van der Waals surface area contributed by atoms with Crippen molar-refractivity contribution in [2.45, 2.75) is 52.0 Å². The van der Waals surface area contributed by atoms with Gasteiger partial charge in [-0.1, -0.05) is 26.0 Å². The zero-order valence-electron chi connectivity index (χ0n) is 21.5. The van der Waals surface area contributed by atoms with E-state index in [1.165, 1.54) is 6.07 Å². The van der Waals surface area contributed by atoms with Gasteiger partial charge in [-0.15, -0.1) is 12.4 Å². The van der Waals surface area contributed by atoms with Crippen LogP contribution in [0.1, 0.15) is 45.1 Å². The molecule has 9 heteroatoms. The minimum absolute atomic E-state index is 0. The minimum Gasteiger partial charge on any atom is -0.359 e. The number of carbonyl (C=O) groups excluding carboxylic acids is 1. The first-order valence-corrected chi connectivity index (χ1v) is 13.0. The average molecular weight is 517 g/mol. The molecule has 0 radical (unpaired) electrons. The maximum Gasteiger partial charge on any atom is 0.227 e. The van der Waals surface area contributed by atoms with Gasteiger partial charge in [0.2, 0.25) is 11.9 Å². The van der Waals surface area contributed by atoms with E-state index >= 15 is 4.39 Å². The summed E-state index contributed by atoms with van der Waals surface area (Å²) in [4.78, 5) is 27.2. The highest BCUT2D eigenvalue weighted by Gasteiger charge is 2.44. The molecule has 2 N–H and O–H groups in total. The first-order valence-electron chi connectivity index (χ1n) is 13.0. The van der Waals surface area contributed by atoms with Crippen molar-refractivity contribution in [3.63, 3.8) is 0 Å². The lowest BCUT2D eigenvalue weighted by Gasteiger charge is -2.40. The molecule has 0 aliphatic carbocycles. The SMILES string of the molecule is CNC(=O)CC(CC(C)C)N1CCCc2c(-c3ccccc3F)nc(N3CCC4(CNC4)C3)nc21.Cl. The van der Waals surface area contributed by atoms with Gasteiger partial charge in [0.15, 0.2) is 0 Å². The lowest BCUT2D eigenvalue weighted by atomic mass is 9.81. The second kappa shape index (κ2) is 10.9. The molecule has 3 aliphatic rings. The van der Waals surface area contributed by atoms with Crippen LogP contribution < -0.4 is 20.4 Å². The molecule has 0 bridgehead atoms. The van der Waals surface area contributed by atoms with Crippen molar-refractivity contribution in [2.75, 3.05) is 49.6 Å². The first kappa shape index (κ1) is 26.6. The van der Waals surface area contributed by atoms with Crippen molar-refractivity contribution < 1.29 is 9.18 Å². The van der Waals surface area contributed by atoms with Crippen LogP contribution in [0.4, 0.5) is 16.2 Å². The third kappa shape index (κ3) is 5.16. The zero-order valence-corrected chi connectivity index (χ0v) is 22.3. The van der Waals surface area contributed by atoms with Crippen LogP contribution in [0.2, 0.25) is 0 Å². The number of halogens is 2. The molecule has 7 nitrogen and oxygen atoms in total. The van der Waals surface area contributed by atoms with Gasteiger partial charge in [0.1, 0.15) is 11.6 Å². The van der Waals surface area contributed by atoms with Gasteiger partial charge in [0, 0.05) is 68.8 Å². The second-order valence-electron chi connectivity index (χ2n) is 10.9. The van der Waals surface area contributed by atoms with Crippen LogP contribution in [0.15, 0.2) is 24.3 Å². The number of benzene rings is 1. The zero-order chi connectivity index (χ0) is 24.6. The summed E-state index contributed by atoms with van der Waals surface area (Å²) in [7, 11) is 1.69. The average Bonchev–Trinajstić information content (AvgIpc) is 3.29. The van der Waals surface area contributed by atoms with Gasteiger partial charge in [-0.2, -0.15) is 4.98 Å². The summed E-state index contributed by atoms with van der Waals surface area (Å²) in [5, 5.41) is 6.20. The number of nitrogens with one attached hydrogen (secondary N) is 2. The molecule has 1 amide bonds. The van der Waals surface area contributed by atoms with Crippen LogP contribution in [0, 0.1) is 17.2 Å². The normalized spacial score (nSPS) is 19.0. The molecule has 4 heterocycles. The predicted molar refractivity (Wildman–Crippen MR) is 144 cm³/mol. The van der Waals surface area contributed by atoms with Gasteiger partial charge in [0.05, 0.1) is 5.69 Å². The highest BCUT2D eigenvalue weighted by atomic mass is 35.5. The summed E-state index contributed by atoms with van der Waals surface area (Å²) >= 11 is 0. The van der Waals surface area contributed by atoms with Crippen LogP contribution in [0.5, 0.6) is 0 Å². The van der Waals surface area contributed by atoms with E-state index in [1.54, 1.807) is 13.1 Å². The number of hydrogen-bond acceptors (Lipinski definition) is 6. The van der Waals surface area contributed by atoms with Crippen molar-refractivity contribution in [1.29, 1.82) is 0 Å². The van der Waals surface area contributed by atoms with Gasteiger partial charge in [0.25, 0.3) is 0 Å². The third-order valence-electron chi connectivity index (χ3n) is 7.81. The standard InChI is InChI=1S/C27H37FN6O.ClH/c1-18(2)13-19(14-23(35)29-3)34-11-6-8-21-24(20-7-4-5-9-22(20)28)31-26(32-25(21)34)33-12-10-27(17-33)15-30-16-27;/h4-5,7,9,18-19,30H,6,8,10-17H2,1-3H3,(H,29,35);1H. The predicted octanol–water partition coefficient (Wildman–Crippen LogP) is 3.81. The Kier molecular flexibility index (Phi) is 8.05. The Bertz CT molecular complexity index is 1090. The minimum atomic E-state index is -0.262. The Morgan fingerprint density at radius 1 is 1.22 bits per heavy atom. The number of amides is 1. The fourth-order valence-corrected chi connectivity index (χ4v) is 5.89. The van der Waals surface area contributed by atoms with Gasteiger partial charge in [-0.25, -0.2) is 9.37 Å². The molecule has 2 saturated heterocycles. The summed E-state index contributed by atoms with van der Waals surface area (Å²) in [6.07, 6.45) is 4.16. The topological polar surface area (TPSA) is 73.4 Å². The van der Waals surface area contributed by atoms with Gasteiger partial charge >= 0.3 is 0 Å². The van der Waals surface area contributed by atoms with Crippen molar-refractivity contribution in [2.24, 2.45) is 11.3 Å². The van der Waals surface area contributed by atoms with Crippen LogP contribution >= 0.6 is 12.4 Å². The molecular weight excluding hydrogens is 479 g/mol. The van der Waals surface area contributed by atoms with E-state index in [9.17, 15) is 4.79 Å². The summed E-state index contributed by atoms with van der Waals surface area (Å²) in [5.74, 6) is 1.77. The van der Waals surface area contributed by atoms with Crippen LogP contribution in [0.25, 0.3) is 11.3 Å². The molecule has 1 aromatic heterocycles. The number of nitrogens with zero attached hydrogens (tertiary/aromatic N) is 4. The highest BCUT2D eigenvalue weighted by Crippen LogP contribution is 2.40. The fourth-order valence-electron chi connectivity index (χ4n) is 5.89. The molecule has 1 aromatic carbocycles. The molecule has 5 rings (SSSR count). The molecule has 2 aromatic rings. The van der Waals surface area contributed by atoms with Crippen molar-refractivity contribution in [3.05, 3.63) is 35.6 Å². The molecular formula is C27H38ClFN6O. The summed E-state index contributed by atoms with van der Waals surface area (Å²) in [5.41, 5.74) is 2.52. The van der Waals surface area contributed by atoms with E-state index in [-0.39, 0.29) is 30.2 Å². The molecule has 1 unspecified atom stereocenters. The molecule has 0 saturated carbocycles. The number of fused-ring (bicyclic) bond motifs is 1. The largest absolute Gasteiger partial charge is 0.359 e. The van der Waals surface area contributed by atoms with E-state index in [0.29, 0.717) is 35.0 Å². The number of rotatable bonds is 7. The monoisotopic (exact) mass is 516 g/mol. The van der Waals surface area contributed by atoms with Gasteiger partial charge < -0.3 is 20.4 Å². The Labute approximate surface area is 219 Å². The Morgan fingerprint density at radius 3 is 2.64 bits per heavy atom. The van der Waals surface area contributed by atoms with E-state index in [0.717, 1.165) is 69.8 Å². The number of anilines is 2. The maximum absolute atomic E-state index is 15.0. The lowest BCUT2D eigenvalue weighted by Crippen LogP contribution is -2.54. The molecule has 196 valence electrons. The molecule has 1 atom stereocenters. The summed E-state index contributed by atoms with van der Waals surface area (Å²) in [6, 6.07) is 6.94. The van der Waals surface area contributed by atoms with Crippen LogP contribution in [-0.2, 0) is 11.2 Å². The highest BCUT2D eigenvalue weighted by molar-refractivity contribution is 5.85. The summed E-state index contributed by atoms with van der Waals surface area (Å²) < 4.78 is 15.0. The number of carbonyl (C=O) groups is 1. The Morgan fingerprint density at radius 2 is 2.00 bits per heavy atom. The fraction of sp³-hybridized carbons (Fsp3) is 0.593. The van der Waals surface area contributed by atoms with E-state index in [2.05, 4.69) is 34.3 Å². The van der Waals surface area contributed by atoms with Gasteiger partial charge in [-0.3, -0.25) is 4.79 Å². The molecule has 36 heavy (non-hydrogen) atoms. The maximum atomic E-state index is 15.0. The number of hydrogen-bond donors (Lipinski definition) is 2. The van der Waals surface area contributed by atoms with Crippen molar-refractivity contribution >= 4 is 30.1 Å². The Hall–Kier alpha value is -2.45. The Balaban J connectivity index is 0.00000304. The van der Waals surface area contributed by atoms with E-state index < -0.39 is 0 Å². The van der Waals surface area contributed by atoms with Gasteiger partial charge in [-0.05, 0) is 43.7 Å². The summed E-state index contributed by atoms with van der Waals surface area (Å²) in [6.45, 7) is 9.10. The van der Waals surface area contributed by atoms with Crippen LogP contribution in [-0.4, -0.2) is 61.7 Å². The first-order chi connectivity index (χ1) is 16.9. The van der Waals surface area contributed by atoms with Crippen molar-refractivity contribution in [1.82, 2.24) is 20.6 Å². The van der Waals surface area contributed by atoms with E-state index in [4.69, 9.17) is 9.97 Å². The van der Waals surface area contributed by atoms with Crippen molar-refractivity contribution in [3.8, 4) is 11.3 Å². The molecule has 3 aliphatic heterocycles. The quantitative estimate of drug-likeness (QED) is 0.583. The molecule has 1 spiro atoms. The lowest BCUT2D eigenvalue weighted by molar-refractivity contribution is -0.121. The molecule has 2 fully saturated rings. The second-order valence-corrected chi connectivity index (χ2v) is 10.9. The van der Waals surface area contributed by atoms with Crippen LogP contribution in [0.3, 0.4) is 0 Å².